The molecule has 1 radical (unpaired) electrons. The number of hydrogen-bond acceptors (Lipinski definition) is 2. The van der Waals surface area contributed by atoms with Gasteiger partial charge in [0.1, 0.15) is 0 Å². The van der Waals surface area contributed by atoms with E-state index < -0.39 is 0 Å². The number of hydrogen-bond donors (Lipinski definition) is 0. The topological polar surface area (TPSA) is 104 Å². The molecular weight excluding hydrogens is 352 g/mol. The first-order valence-electron chi connectivity index (χ1n) is 7.97. The van der Waals surface area contributed by atoms with E-state index in [1.165, 1.54) is 0 Å². The Hall–Kier alpha value is -1.20. The number of carbonyl (C=O) groups excluding carboxylic acids is 4. The van der Waals surface area contributed by atoms with Gasteiger partial charge in [0.15, 0.2) is 13.2 Å². The van der Waals surface area contributed by atoms with Gasteiger partial charge in [0, 0.05) is 17.1 Å². The van der Waals surface area contributed by atoms with E-state index in [-0.39, 0.29) is 40.8 Å². The Bertz CT molecular complexity index is 394. The zero-order valence-corrected chi connectivity index (χ0v) is 14.7. The van der Waals surface area contributed by atoms with Crippen molar-refractivity contribution in [2.45, 2.75) is 52.4 Å². The van der Waals surface area contributed by atoms with Crippen LogP contribution >= 0.6 is 0 Å². The zero-order chi connectivity index (χ0) is 16.5. The van der Waals surface area contributed by atoms with Crippen molar-refractivity contribution >= 4 is 23.5 Å². The summed E-state index contributed by atoms with van der Waals surface area (Å²) >= 11 is 0. The van der Waals surface area contributed by atoms with Crippen LogP contribution in [-0.4, -0.2) is 55.9 Å². The summed E-state index contributed by atoms with van der Waals surface area (Å²) < 4.78 is 9.78. The largest absolute Gasteiger partial charge is 0.499 e. The van der Waals surface area contributed by atoms with Crippen LogP contribution in [0.25, 0.3) is 0 Å². The summed E-state index contributed by atoms with van der Waals surface area (Å²) in [5.41, 5.74) is 0. The van der Waals surface area contributed by atoms with Crippen molar-refractivity contribution in [3.05, 3.63) is 0 Å². The summed E-state index contributed by atoms with van der Waals surface area (Å²) in [4.78, 5) is 36.9. The Kier molecular flexibility index (Phi) is 10.8. The molecule has 0 bridgehead atoms. The third kappa shape index (κ3) is 6.83. The van der Waals surface area contributed by atoms with Gasteiger partial charge in [0.25, 0.3) is 0 Å². The van der Waals surface area contributed by atoms with E-state index in [0.29, 0.717) is 37.6 Å². The molecule has 7 heteroatoms. The number of ether oxygens (including phenoxy) is 2. The SMILES string of the molecule is CCOC(=[OH+])C1CCCC1=[OH+].CCOC(=[OH+])C1CCCC1=[OH+].[Cu]. The first-order valence-corrected chi connectivity index (χ1v) is 7.97. The quantitative estimate of drug-likeness (QED) is 0.321. The van der Waals surface area contributed by atoms with Crippen molar-refractivity contribution in [3.8, 4) is 0 Å². The van der Waals surface area contributed by atoms with Gasteiger partial charge in [-0.25, -0.2) is 0 Å². The van der Waals surface area contributed by atoms with Crippen molar-refractivity contribution in [3.63, 3.8) is 0 Å². The zero-order valence-electron chi connectivity index (χ0n) is 13.7. The third-order valence-electron chi connectivity index (χ3n) is 3.84. The van der Waals surface area contributed by atoms with Crippen LogP contribution in [0.2, 0.25) is 0 Å². The van der Waals surface area contributed by atoms with E-state index in [1.54, 1.807) is 0 Å². The van der Waals surface area contributed by atoms with Gasteiger partial charge < -0.3 is 19.1 Å². The molecule has 0 aromatic heterocycles. The molecule has 0 aromatic carbocycles. The molecule has 0 spiro atoms. The Morgan fingerprint density at radius 3 is 1.43 bits per heavy atom. The smallest absolute Gasteiger partial charge is 0.338 e. The summed E-state index contributed by atoms with van der Waals surface area (Å²) in [6.07, 6.45) is 4.88. The molecule has 0 heterocycles. The molecule has 2 rings (SSSR count). The Balaban J connectivity index is 0.000000403. The summed E-state index contributed by atoms with van der Waals surface area (Å²) in [5.74, 6) is 0.210. The van der Waals surface area contributed by atoms with Crippen molar-refractivity contribution in [1.29, 1.82) is 0 Å². The predicted octanol–water partition coefficient (Wildman–Crippen LogP) is 1.74. The van der Waals surface area contributed by atoms with E-state index in [2.05, 4.69) is 0 Å². The van der Waals surface area contributed by atoms with Crippen molar-refractivity contribution in [2.75, 3.05) is 13.2 Å². The molecule has 2 aliphatic rings. The Morgan fingerprint density at radius 1 is 0.870 bits per heavy atom. The molecule has 2 saturated carbocycles. The van der Waals surface area contributed by atoms with Gasteiger partial charge >= 0.3 is 23.5 Å². The number of rotatable bonds is 4. The molecule has 2 aliphatic carbocycles. The van der Waals surface area contributed by atoms with Gasteiger partial charge in [-0.05, 0) is 39.5 Å². The second-order valence-electron chi connectivity index (χ2n) is 5.41. The molecule has 2 unspecified atom stereocenters. The molecule has 0 saturated heterocycles. The van der Waals surface area contributed by atoms with Gasteiger partial charge in [0.05, 0.1) is 12.8 Å². The standard InChI is InChI=1S/2C8H12O3.Cu/c2*1-2-11-8(10)6-4-3-5-7(6)9;/h2*6H,2-5H2,1H3;/p+4. The summed E-state index contributed by atoms with van der Waals surface area (Å²) in [6, 6.07) is 0. The first-order chi connectivity index (χ1) is 10.5. The van der Waals surface area contributed by atoms with Gasteiger partial charge in [-0.1, -0.05) is 0 Å². The van der Waals surface area contributed by atoms with E-state index >= 15 is 0 Å². The van der Waals surface area contributed by atoms with Crippen LogP contribution in [0.4, 0.5) is 0 Å². The van der Waals surface area contributed by atoms with Gasteiger partial charge in [-0.15, -0.1) is 0 Å². The van der Waals surface area contributed by atoms with Crippen LogP contribution in [0.15, 0.2) is 0 Å². The minimum atomic E-state index is -0.227. The van der Waals surface area contributed by atoms with Crippen LogP contribution in [0.1, 0.15) is 52.4 Å². The summed E-state index contributed by atoms with van der Waals surface area (Å²) in [6.45, 7) is 4.52. The molecule has 0 aliphatic heterocycles. The molecule has 0 amide bonds. The first kappa shape index (κ1) is 21.8. The van der Waals surface area contributed by atoms with Crippen LogP contribution < -0.4 is 0 Å². The maximum atomic E-state index is 9.24. The predicted molar refractivity (Wildman–Crippen MR) is 85.7 cm³/mol. The maximum Gasteiger partial charge on any atom is 0.499 e. The van der Waals surface area contributed by atoms with Gasteiger partial charge in [0.2, 0.25) is 11.8 Å². The fraction of sp³-hybridized carbons (Fsp3) is 0.750. The Morgan fingerprint density at radius 2 is 1.22 bits per heavy atom. The van der Waals surface area contributed by atoms with Gasteiger partial charge in [-0.2, -0.15) is 0 Å². The summed E-state index contributed by atoms with van der Waals surface area (Å²) in [7, 11) is 0. The number of ketones is 2. The van der Waals surface area contributed by atoms with Crippen molar-refractivity contribution in [1.82, 2.24) is 0 Å². The second kappa shape index (κ2) is 11.4. The number of esters is 2. The maximum absolute atomic E-state index is 9.24. The minimum absolute atomic E-state index is 0. The normalized spacial score (nSPS) is 22.7. The average Bonchev–Trinajstić information content (AvgIpc) is 3.08. The monoisotopic (exact) mass is 379 g/mol. The average molecular weight is 380 g/mol. The Labute approximate surface area is 147 Å². The molecule has 2 fully saturated rings. The fourth-order valence-corrected chi connectivity index (χ4v) is 2.69. The van der Waals surface area contributed by atoms with Crippen LogP contribution in [0.5, 0.6) is 0 Å². The molecule has 2 atom stereocenters. The molecular formula is C16H28CuO6+4. The molecule has 23 heavy (non-hydrogen) atoms. The van der Waals surface area contributed by atoms with Crippen LogP contribution in [-0.2, 0) is 26.5 Å². The van der Waals surface area contributed by atoms with Crippen LogP contribution in [0, 0.1) is 11.8 Å². The fourth-order valence-electron chi connectivity index (χ4n) is 2.69. The molecule has 4 N–H and O–H groups in total. The van der Waals surface area contributed by atoms with Crippen molar-refractivity contribution < 1.29 is 45.7 Å². The minimum Gasteiger partial charge on any atom is -0.338 e. The summed E-state index contributed by atoms with van der Waals surface area (Å²) in [5, 5.41) is 0. The molecule has 0 aromatic rings. The van der Waals surface area contributed by atoms with E-state index in [0.717, 1.165) is 25.7 Å². The van der Waals surface area contributed by atoms with Gasteiger partial charge in [-0.3, -0.25) is 9.59 Å². The molecule has 6 nitrogen and oxygen atoms in total. The van der Waals surface area contributed by atoms with E-state index in [9.17, 15) is 19.2 Å². The third-order valence-corrected chi connectivity index (χ3v) is 3.84. The van der Waals surface area contributed by atoms with E-state index in [4.69, 9.17) is 9.47 Å². The van der Waals surface area contributed by atoms with Crippen LogP contribution in [0.3, 0.4) is 0 Å². The van der Waals surface area contributed by atoms with Crippen molar-refractivity contribution in [2.24, 2.45) is 11.8 Å². The second-order valence-corrected chi connectivity index (χ2v) is 5.41. The van der Waals surface area contributed by atoms with E-state index in [1.807, 2.05) is 13.8 Å². The molecule has 135 valence electrons.